The zero-order valence-corrected chi connectivity index (χ0v) is 16.3. The van der Waals surface area contributed by atoms with E-state index >= 15 is 0 Å². The van der Waals surface area contributed by atoms with Gasteiger partial charge >= 0.3 is 0 Å². The Morgan fingerprint density at radius 3 is 2.42 bits per heavy atom. The van der Waals surface area contributed by atoms with Crippen molar-refractivity contribution < 1.29 is 13.2 Å². The lowest BCUT2D eigenvalue weighted by molar-refractivity contribution is 0.0702. The van der Waals surface area contributed by atoms with Crippen LogP contribution < -0.4 is 4.90 Å². The summed E-state index contributed by atoms with van der Waals surface area (Å²) in [5.41, 5.74) is 0.270. The minimum Gasteiger partial charge on any atom is -0.353 e. The highest BCUT2D eigenvalue weighted by Gasteiger charge is 2.34. The second-order valence-electron chi connectivity index (χ2n) is 6.83. The summed E-state index contributed by atoms with van der Waals surface area (Å²) in [5, 5.41) is 0. The lowest BCUT2D eigenvalue weighted by atomic mass is 10.2. The monoisotopic (exact) mass is 381 g/mol. The molecule has 1 amide bonds. The van der Waals surface area contributed by atoms with Gasteiger partial charge in [0.05, 0.1) is 23.9 Å². The normalized spacial score (nSPS) is 23.2. The summed E-state index contributed by atoms with van der Waals surface area (Å²) in [4.78, 5) is 27.7. The summed E-state index contributed by atoms with van der Waals surface area (Å²) in [6, 6.07) is -0.263. The van der Waals surface area contributed by atoms with Crippen LogP contribution in [0.15, 0.2) is 12.4 Å². The van der Waals surface area contributed by atoms with Crippen molar-refractivity contribution in [3.63, 3.8) is 0 Å². The molecule has 26 heavy (non-hydrogen) atoms. The molecule has 2 aliphatic heterocycles. The molecule has 2 aliphatic rings. The Labute approximate surface area is 155 Å². The highest BCUT2D eigenvalue weighted by molar-refractivity contribution is 7.91. The van der Waals surface area contributed by atoms with Gasteiger partial charge in [-0.05, 0) is 19.9 Å². The Balaban J connectivity index is 1.66. The molecule has 0 aromatic carbocycles. The third kappa shape index (κ3) is 4.15. The summed E-state index contributed by atoms with van der Waals surface area (Å²) in [5.74, 6) is 0.725. The number of nitrogens with zero attached hydrogens (tertiary/aromatic N) is 5. The maximum Gasteiger partial charge on any atom is 0.274 e. The molecular weight excluding hydrogens is 354 g/mol. The van der Waals surface area contributed by atoms with Gasteiger partial charge < -0.3 is 14.7 Å². The molecule has 3 rings (SSSR count). The number of aromatic nitrogens is 2. The number of sulfone groups is 1. The van der Waals surface area contributed by atoms with E-state index in [1.807, 2.05) is 6.92 Å². The van der Waals surface area contributed by atoms with Crippen LogP contribution in [-0.4, -0.2) is 90.9 Å². The SMILES string of the molecule is CCN1CCN(c2cnc(C(=O)N(CC)C3CCS(=O)(=O)C3)cn2)CC1. The quantitative estimate of drug-likeness (QED) is 0.723. The van der Waals surface area contributed by atoms with Crippen molar-refractivity contribution >= 4 is 21.6 Å². The topological polar surface area (TPSA) is 86.7 Å². The van der Waals surface area contributed by atoms with Crippen LogP contribution in [0.2, 0.25) is 0 Å². The van der Waals surface area contributed by atoms with Crippen molar-refractivity contribution in [2.24, 2.45) is 0 Å². The molecule has 144 valence electrons. The molecule has 0 saturated carbocycles. The van der Waals surface area contributed by atoms with Crippen LogP contribution in [0.5, 0.6) is 0 Å². The minimum absolute atomic E-state index is 0.0415. The van der Waals surface area contributed by atoms with E-state index in [4.69, 9.17) is 0 Å². The number of anilines is 1. The number of amides is 1. The zero-order chi connectivity index (χ0) is 18.7. The van der Waals surface area contributed by atoms with Gasteiger partial charge in [-0.1, -0.05) is 6.92 Å². The van der Waals surface area contributed by atoms with E-state index in [0.29, 0.717) is 13.0 Å². The van der Waals surface area contributed by atoms with E-state index in [0.717, 1.165) is 38.5 Å². The first-order valence-electron chi connectivity index (χ1n) is 9.24. The van der Waals surface area contributed by atoms with Gasteiger partial charge in [0, 0.05) is 38.8 Å². The summed E-state index contributed by atoms with van der Waals surface area (Å²) < 4.78 is 23.4. The molecule has 2 saturated heterocycles. The first-order valence-corrected chi connectivity index (χ1v) is 11.1. The van der Waals surface area contributed by atoms with Gasteiger partial charge in [-0.3, -0.25) is 4.79 Å². The molecule has 3 heterocycles. The first kappa shape index (κ1) is 19.0. The number of hydrogen-bond acceptors (Lipinski definition) is 7. The number of likely N-dealkylation sites (N-methyl/N-ethyl adjacent to an activating group) is 1. The molecular formula is C17H27N5O3S. The van der Waals surface area contributed by atoms with E-state index in [9.17, 15) is 13.2 Å². The molecule has 1 unspecified atom stereocenters. The predicted molar refractivity (Wildman–Crippen MR) is 100 cm³/mol. The molecule has 0 bridgehead atoms. The summed E-state index contributed by atoms with van der Waals surface area (Å²) >= 11 is 0. The van der Waals surface area contributed by atoms with Gasteiger partial charge in [0.25, 0.3) is 5.91 Å². The fourth-order valence-corrected chi connectivity index (χ4v) is 5.35. The second-order valence-corrected chi connectivity index (χ2v) is 9.06. The Morgan fingerprint density at radius 2 is 1.92 bits per heavy atom. The van der Waals surface area contributed by atoms with Crippen molar-refractivity contribution in [1.29, 1.82) is 0 Å². The Morgan fingerprint density at radius 1 is 1.19 bits per heavy atom. The van der Waals surface area contributed by atoms with Gasteiger partial charge in [-0.25, -0.2) is 18.4 Å². The summed E-state index contributed by atoms with van der Waals surface area (Å²) in [7, 11) is -3.03. The van der Waals surface area contributed by atoms with Crippen molar-refractivity contribution in [3.05, 3.63) is 18.1 Å². The van der Waals surface area contributed by atoms with Gasteiger partial charge in [0.15, 0.2) is 9.84 Å². The van der Waals surface area contributed by atoms with Crippen molar-refractivity contribution in [3.8, 4) is 0 Å². The number of rotatable bonds is 5. The van der Waals surface area contributed by atoms with Gasteiger partial charge in [0.2, 0.25) is 0 Å². The van der Waals surface area contributed by atoms with E-state index in [2.05, 4.69) is 26.7 Å². The molecule has 0 radical (unpaired) electrons. The first-order chi connectivity index (χ1) is 12.4. The summed E-state index contributed by atoms with van der Waals surface area (Å²) in [6.45, 7) is 9.33. The molecule has 2 fully saturated rings. The van der Waals surface area contributed by atoms with Crippen LogP contribution in [0.1, 0.15) is 30.8 Å². The fraction of sp³-hybridized carbons (Fsp3) is 0.706. The minimum atomic E-state index is -3.03. The molecule has 8 nitrogen and oxygen atoms in total. The second kappa shape index (κ2) is 7.87. The maximum atomic E-state index is 12.8. The third-order valence-electron chi connectivity index (χ3n) is 5.25. The summed E-state index contributed by atoms with van der Waals surface area (Å²) in [6.07, 6.45) is 3.65. The van der Waals surface area contributed by atoms with E-state index < -0.39 is 9.84 Å². The predicted octanol–water partition coefficient (Wildman–Crippen LogP) is 0.268. The largest absolute Gasteiger partial charge is 0.353 e. The van der Waals surface area contributed by atoms with Crippen LogP contribution >= 0.6 is 0 Å². The van der Waals surface area contributed by atoms with E-state index in [-0.39, 0.29) is 29.1 Å². The van der Waals surface area contributed by atoms with Crippen LogP contribution in [0.4, 0.5) is 5.82 Å². The maximum absolute atomic E-state index is 12.8. The van der Waals surface area contributed by atoms with Crippen molar-refractivity contribution in [1.82, 2.24) is 19.8 Å². The Kier molecular flexibility index (Phi) is 5.76. The molecule has 1 aromatic rings. The number of piperazine rings is 1. The van der Waals surface area contributed by atoms with Crippen molar-refractivity contribution in [2.45, 2.75) is 26.3 Å². The molecule has 9 heteroatoms. The van der Waals surface area contributed by atoms with Gasteiger partial charge in [0.1, 0.15) is 11.5 Å². The van der Waals surface area contributed by atoms with Crippen LogP contribution in [0.25, 0.3) is 0 Å². The molecule has 0 aliphatic carbocycles. The lowest BCUT2D eigenvalue weighted by Crippen LogP contribution is -2.46. The Bertz CT molecular complexity index is 729. The number of carbonyl (C=O) groups is 1. The highest BCUT2D eigenvalue weighted by atomic mass is 32.2. The average Bonchev–Trinajstić information content (AvgIpc) is 3.02. The van der Waals surface area contributed by atoms with Crippen LogP contribution in [0, 0.1) is 0 Å². The molecule has 0 spiro atoms. The average molecular weight is 382 g/mol. The highest BCUT2D eigenvalue weighted by Crippen LogP contribution is 2.20. The molecule has 1 aromatic heterocycles. The third-order valence-corrected chi connectivity index (χ3v) is 7.00. The van der Waals surface area contributed by atoms with Crippen LogP contribution in [-0.2, 0) is 9.84 Å². The molecule has 1 atom stereocenters. The van der Waals surface area contributed by atoms with Crippen molar-refractivity contribution in [2.75, 3.05) is 55.7 Å². The lowest BCUT2D eigenvalue weighted by Gasteiger charge is -2.34. The zero-order valence-electron chi connectivity index (χ0n) is 15.5. The van der Waals surface area contributed by atoms with E-state index in [1.54, 1.807) is 11.1 Å². The smallest absolute Gasteiger partial charge is 0.274 e. The number of hydrogen-bond donors (Lipinski definition) is 0. The molecule has 0 N–H and O–H groups in total. The van der Waals surface area contributed by atoms with E-state index in [1.165, 1.54) is 6.20 Å². The number of carbonyl (C=O) groups excluding carboxylic acids is 1. The fourth-order valence-electron chi connectivity index (χ4n) is 3.62. The standard InChI is InChI=1S/C17H27N5O3S/c1-3-20-6-8-21(9-7-20)16-12-18-15(11-19-16)17(23)22(4-2)14-5-10-26(24,25)13-14/h11-12,14H,3-10,13H2,1-2H3. The Hall–Kier alpha value is -1.74. The van der Waals surface area contributed by atoms with Crippen LogP contribution in [0.3, 0.4) is 0 Å². The van der Waals surface area contributed by atoms with Gasteiger partial charge in [-0.2, -0.15) is 0 Å². The van der Waals surface area contributed by atoms with Gasteiger partial charge in [-0.15, -0.1) is 0 Å².